The van der Waals surface area contributed by atoms with Crippen LogP contribution in [0.5, 0.6) is 0 Å². The molecule has 4 heteroatoms. The molecule has 2 aromatic carbocycles. The molecule has 0 saturated carbocycles. The number of nitrogens with zero attached hydrogens (tertiary/aromatic N) is 2. The molecule has 0 N–H and O–H groups in total. The molecule has 0 aliphatic rings. The molecule has 0 saturated heterocycles. The molecule has 0 heterocycles. The van der Waals surface area contributed by atoms with Crippen LogP contribution in [-0.4, -0.2) is 19.1 Å². The second-order valence-electron chi connectivity index (χ2n) is 5.06. The van der Waals surface area contributed by atoms with Gasteiger partial charge in [0.05, 0.1) is 17.2 Å². The smallest absolute Gasteiger partial charge is 0.338 e. The summed E-state index contributed by atoms with van der Waals surface area (Å²) in [5.74, 6) is -0.385. The lowest BCUT2D eigenvalue weighted by molar-refractivity contribution is 0.0472. The van der Waals surface area contributed by atoms with Gasteiger partial charge in [-0.15, -0.1) is 0 Å². The van der Waals surface area contributed by atoms with E-state index in [9.17, 15) is 4.79 Å². The van der Waals surface area contributed by atoms with Gasteiger partial charge in [0, 0.05) is 24.3 Å². The average molecular weight is 308 g/mol. The Morgan fingerprint density at radius 1 is 1.09 bits per heavy atom. The van der Waals surface area contributed by atoms with E-state index in [4.69, 9.17) is 10.00 Å². The maximum Gasteiger partial charge on any atom is 0.338 e. The van der Waals surface area contributed by atoms with Crippen molar-refractivity contribution in [1.82, 2.24) is 0 Å². The highest BCUT2D eigenvalue weighted by atomic mass is 16.5. The van der Waals surface area contributed by atoms with Gasteiger partial charge < -0.3 is 9.64 Å². The molecule has 0 aliphatic heterocycles. The lowest BCUT2D eigenvalue weighted by Gasteiger charge is -2.20. The van der Waals surface area contributed by atoms with Crippen molar-refractivity contribution in [1.29, 1.82) is 5.26 Å². The predicted molar refractivity (Wildman–Crippen MR) is 90.3 cm³/mol. The number of anilines is 1. The lowest BCUT2D eigenvalue weighted by atomic mass is 10.1. The third-order valence-electron chi connectivity index (χ3n) is 3.73. The minimum atomic E-state index is -0.385. The van der Waals surface area contributed by atoms with Crippen LogP contribution >= 0.6 is 0 Å². The van der Waals surface area contributed by atoms with Gasteiger partial charge in [0.15, 0.2) is 0 Å². The topological polar surface area (TPSA) is 53.3 Å². The molecule has 118 valence electrons. The Kier molecular flexibility index (Phi) is 5.76. The van der Waals surface area contributed by atoms with Crippen molar-refractivity contribution in [2.45, 2.75) is 20.5 Å². The first-order chi connectivity index (χ1) is 11.2. The van der Waals surface area contributed by atoms with Gasteiger partial charge in [-0.25, -0.2) is 4.79 Å². The Labute approximate surface area is 136 Å². The number of hydrogen-bond donors (Lipinski definition) is 0. The zero-order valence-corrected chi connectivity index (χ0v) is 13.5. The van der Waals surface area contributed by atoms with Gasteiger partial charge in [0.25, 0.3) is 0 Å². The van der Waals surface area contributed by atoms with Crippen LogP contribution in [0.3, 0.4) is 0 Å². The van der Waals surface area contributed by atoms with Crippen molar-refractivity contribution in [3.8, 4) is 6.07 Å². The Morgan fingerprint density at radius 2 is 1.74 bits per heavy atom. The van der Waals surface area contributed by atoms with E-state index in [1.165, 1.54) is 0 Å². The van der Waals surface area contributed by atoms with E-state index in [1.807, 2.05) is 18.2 Å². The molecule has 0 aliphatic carbocycles. The molecule has 2 rings (SSSR count). The summed E-state index contributed by atoms with van der Waals surface area (Å²) in [5, 5.41) is 9.03. The van der Waals surface area contributed by atoms with E-state index in [-0.39, 0.29) is 12.6 Å². The summed E-state index contributed by atoms with van der Waals surface area (Å²) in [4.78, 5) is 14.3. The molecule has 0 unspecified atom stereocenters. The number of carbonyl (C=O) groups excluding carboxylic acids is 1. The average Bonchev–Trinajstić information content (AvgIpc) is 2.61. The highest BCUT2D eigenvalue weighted by molar-refractivity contribution is 5.89. The van der Waals surface area contributed by atoms with Crippen LogP contribution in [-0.2, 0) is 11.3 Å². The number of benzene rings is 2. The number of esters is 1. The molecule has 0 spiro atoms. The molecular weight excluding hydrogens is 288 g/mol. The van der Waals surface area contributed by atoms with E-state index in [1.54, 1.807) is 30.3 Å². The number of rotatable bonds is 6. The zero-order chi connectivity index (χ0) is 16.7. The summed E-state index contributed by atoms with van der Waals surface area (Å²) in [6.45, 7) is 6.13. The molecule has 0 atom stereocenters. The molecule has 0 aromatic heterocycles. The number of hydrogen-bond acceptors (Lipinski definition) is 4. The molecule has 2 aromatic rings. The highest BCUT2D eigenvalue weighted by Gasteiger charge is 2.10. The Hall–Kier alpha value is -2.80. The van der Waals surface area contributed by atoms with Crippen LogP contribution in [0, 0.1) is 11.3 Å². The summed E-state index contributed by atoms with van der Waals surface area (Å²) in [7, 11) is 0. The monoisotopic (exact) mass is 308 g/mol. The van der Waals surface area contributed by atoms with E-state index in [2.05, 4.69) is 24.8 Å². The number of carbonyl (C=O) groups is 1. The van der Waals surface area contributed by atoms with Crippen molar-refractivity contribution in [3.05, 3.63) is 65.2 Å². The fourth-order valence-electron chi connectivity index (χ4n) is 2.38. The molecular formula is C19H20N2O2. The van der Waals surface area contributed by atoms with Crippen molar-refractivity contribution in [2.75, 3.05) is 18.0 Å². The number of ether oxygens (including phenoxy) is 1. The maximum atomic E-state index is 12.1. The predicted octanol–water partition coefficient (Wildman–Crippen LogP) is 3.76. The SMILES string of the molecule is CCN(CC)c1ccc(C(=O)OCc2ccccc2C#N)cc1. The van der Waals surface area contributed by atoms with Crippen LogP contribution in [0.15, 0.2) is 48.5 Å². The van der Waals surface area contributed by atoms with Gasteiger partial charge in [-0.2, -0.15) is 5.26 Å². The van der Waals surface area contributed by atoms with Gasteiger partial charge in [-0.1, -0.05) is 18.2 Å². The van der Waals surface area contributed by atoms with Crippen molar-refractivity contribution in [2.24, 2.45) is 0 Å². The lowest BCUT2D eigenvalue weighted by Crippen LogP contribution is -2.21. The van der Waals surface area contributed by atoms with Crippen molar-refractivity contribution in [3.63, 3.8) is 0 Å². The third-order valence-corrected chi connectivity index (χ3v) is 3.73. The van der Waals surface area contributed by atoms with Crippen LogP contribution in [0.25, 0.3) is 0 Å². The largest absolute Gasteiger partial charge is 0.457 e. The standard InChI is InChI=1S/C19H20N2O2/c1-3-21(4-2)18-11-9-15(10-12-18)19(22)23-14-17-8-6-5-7-16(17)13-20/h5-12H,3-4,14H2,1-2H3. The van der Waals surface area contributed by atoms with Crippen LogP contribution in [0.2, 0.25) is 0 Å². The first kappa shape index (κ1) is 16.6. The summed E-state index contributed by atoms with van der Waals surface area (Å²) < 4.78 is 5.31. The maximum absolute atomic E-state index is 12.1. The Bertz CT molecular complexity index is 698. The molecule has 0 amide bonds. The quantitative estimate of drug-likeness (QED) is 0.762. The molecule has 0 radical (unpaired) electrons. The second-order valence-corrected chi connectivity index (χ2v) is 5.06. The van der Waals surface area contributed by atoms with Gasteiger partial charge in [-0.05, 0) is 44.2 Å². The minimum absolute atomic E-state index is 0.0976. The van der Waals surface area contributed by atoms with E-state index in [0.717, 1.165) is 18.8 Å². The van der Waals surface area contributed by atoms with Crippen LogP contribution in [0.1, 0.15) is 35.3 Å². The molecule has 0 fully saturated rings. The third kappa shape index (κ3) is 4.10. The summed E-state index contributed by atoms with van der Waals surface area (Å²) >= 11 is 0. The number of nitriles is 1. The normalized spacial score (nSPS) is 9.96. The first-order valence-corrected chi connectivity index (χ1v) is 7.69. The highest BCUT2D eigenvalue weighted by Crippen LogP contribution is 2.16. The minimum Gasteiger partial charge on any atom is -0.457 e. The first-order valence-electron chi connectivity index (χ1n) is 7.69. The van der Waals surface area contributed by atoms with Gasteiger partial charge >= 0.3 is 5.97 Å². The fourth-order valence-corrected chi connectivity index (χ4v) is 2.38. The molecule has 4 nitrogen and oxygen atoms in total. The Balaban J connectivity index is 2.02. The van der Waals surface area contributed by atoms with E-state index < -0.39 is 0 Å². The molecule has 23 heavy (non-hydrogen) atoms. The van der Waals surface area contributed by atoms with Crippen molar-refractivity contribution < 1.29 is 9.53 Å². The van der Waals surface area contributed by atoms with Crippen LogP contribution in [0.4, 0.5) is 5.69 Å². The molecule has 0 bridgehead atoms. The summed E-state index contributed by atoms with van der Waals surface area (Å²) in [6, 6.07) is 16.6. The van der Waals surface area contributed by atoms with Gasteiger partial charge in [0.1, 0.15) is 6.61 Å². The second kappa shape index (κ2) is 8.00. The Morgan fingerprint density at radius 3 is 2.35 bits per heavy atom. The van der Waals surface area contributed by atoms with E-state index >= 15 is 0 Å². The van der Waals surface area contributed by atoms with Crippen molar-refractivity contribution >= 4 is 11.7 Å². The summed E-state index contributed by atoms with van der Waals surface area (Å²) in [6.07, 6.45) is 0. The van der Waals surface area contributed by atoms with Gasteiger partial charge in [0.2, 0.25) is 0 Å². The van der Waals surface area contributed by atoms with Crippen LogP contribution < -0.4 is 4.90 Å². The fraction of sp³-hybridized carbons (Fsp3) is 0.263. The summed E-state index contributed by atoms with van der Waals surface area (Å²) in [5.41, 5.74) is 2.83. The van der Waals surface area contributed by atoms with E-state index in [0.29, 0.717) is 16.7 Å². The zero-order valence-electron chi connectivity index (χ0n) is 13.5. The van der Waals surface area contributed by atoms with Gasteiger partial charge in [-0.3, -0.25) is 0 Å².